The Kier molecular flexibility index (Phi) is 5.54. The zero-order chi connectivity index (χ0) is 14.5. The van der Waals surface area contributed by atoms with Crippen molar-refractivity contribution in [2.75, 3.05) is 13.1 Å². The van der Waals surface area contributed by atoms with Crippen molar-refractivity contribution in [3.8, 4) is 0 Å². The van der Waals surface area contributed by atoms with Crippen LogP contribution in [0.1, 0.15) is 64.6 Å². The van der Waals surface area contributed by atoms with Gasteiger partial charge in [-0.25, -0.2) is 0 Å². The minimum absolute atomic E-state index is 0.295. The highest BCUT2D eigenvalue weighted by molar-refractivity contribution is 4.91. The van der Waals surface area contributed by atoms with Gasteiger partial charge in [0.15, 0.2) is 5.82 Å². The van der Waals surface area contributed by atoms with Crippen LogP contribution in [0, 0.1) is 0 Å². The predicted octanol–water partition coefficient (Wildman–Crippen LogP) is 2.55. The molecule has 5 nitrogen and oxygen atoms in total. The summed E-state index contributed by atoms with van der Waals surface area (Å²) in [6, 6.07) is 1.09. The lowest BCUT2D eigenvalue weighted by Gasteiger charge is -2.32. The minimum atomic E-state index is 0.295. The van der Waals surface area contributed by atoms with Gasteiger partial charge in [0.2, 0.25) is 5.89 Å². The van der Waals surface area contributed by atoms with E-state index in [1.54, 1.807) is 0 Å². The van der Waals surface area contributed by atoms with Crippen molar-refractivity contribution >= 4 is 0 Å². The monoisotopic (exact) mass is 280 g/mol. The Labute approximate surface area is 122 Å². The molecule has 0 aliphatic carbocycles. The van der Waals surface area contributed by atoms with Crippen LogP contribution >= 0.6 is 0 Å². The van der Waals surface area contributed by atoms with Crippen molar-refractivity contribution in [2.24, 2.45) is 0 Å². The Hall–Kier alpha value is -0.940. The lowest BCUT2D eigenvalue weighted by molar-refractivity contribution is 0.171. The molecule has 0 spiro atoms. The fraction of sp³-hybridized carbons (Fsp3) is 0.867. The number of hydrogen-bond donors (Lipinski definition) is 1. The molecule has 114 valence electrons. The Morgan fingerprint density at radius 3 is 2.65 bits per heavy atom. The van der Waals surface area contributed by atoms with Gasteiger partial charge >= 0.3 is 0 Å². The van der Waals surface area contributed by atoms with Crippen LogP contribution in [0.2, 0.25) is 0 Å². The highest BCUT2D eigenvalue weighted by Gasteiger charge is 2.20. The van der Waals surface area contributed by atoms with E-state index < -0.39 is 0 Å². The summed E-state index contributed by atoms with van der Waals surface area (Å²) in [5.41, 5.74) is 0. The SMILES string of the molecule is CC(C)c1nc(CN(CC2CCCCN2)C(C)C)no1. The Morgan fingerprint density at radius 2 is 2.10 bits per heavy atom. The molecular weight excluding hydrogens is 252 g/mol. The normalized spacial score (nSPS) is 20.2. The molecule has 5 heteroatoms. The quantitative estimate of drug-likeness (QED) is 0.868. The second-order valence-electron chi connectivity index (χ2n) is 6.37. The molecule has 1 atom stereocenters. The summed E-state index contributed by atoms with van der Waals surface area (Å²) in [7, 11) is 0. The van der Waals surface area contributed by atoms with Gasteiger partial charge in [-0.2, -0.15) is 4.98 Å². The van der Waals surface area contributed by atoms with E-state index >= 15 is 0 Å². The number of nitrogens with one attached hydrogen (secondary N) is 1. The van der Waals surface area contributed by atoms with E-state index in [0.717, 1.165) is 31.3 Å². The van der Waals surface area contributed by atoms with E-state index in [9.17, 15) is 0 Å². The van der Waals surface area contributed by atoms with Crippen LogP contribution in [0.15, 0.2) is 4.52 Å². The van der Waals surface area contributed by atoms with E-state index in [4.69, 9.17) is 4.52 Å². The van der Waals surface area contributed by atoms with Crippen LogP contribution in [0.5, 0.6) is 0 Å². The van der Waals surface area contributed by atoms with Gasteiger partial charge in [0.25, 0.3) is 0 Å². The van der Waals surface area contributed by atoms with Gasteiger partial charge < -0.3 is 9.84 Å². The van der Waals surface area contributed by atoms with Crippen LogP contribution in [0.3, 0.4) is 0 Å². The summed E-state index contributed by atoms with van der Waals surface area (Å²) in [6.45, 7) is 11.6. The Balaban J connectivity index is 1.93. The molecule has 0 amide bonds. The fourth-order valence-electron chi connectivity index (χ4n) is 2.57. The van der Waals surface area contributed by atoms with Crippen LogP contribution in [0.25, 0.3) is 0 Å². The summed E-state index contributed by atoms with van der Waals surface area (Å²) in [5.74, 6) is 1.83. The molecule has 1 aliphatic rings. The zero-order valence-corrected chi connectivity index (χ0v) is 13.2. The molecule has 0 aromatic carbocycles. The third-order valence-electron chi connectivity index (χ3n) is 3.92. The fourth-order valence-corrected chi connectivity index (χ4v) is 2.57. The van der Waals surface area contributed by atoms with Gasteiger partial charge in [-0.3, -0.25) is 4.90 Å². The second-order valence-corrected chi connectivity index (χ2v) is 6.37. The number of piperidine rings is 1. The maximum Gasteiger partial charge on any atom is 0.229 e. The van der Waals surface area contributed by atoms with Gasteiger partial charge in [0.1, 0.15) is 0 Å². The van der Waals surface area contributed by atoms with E-state index in [2.05, 4.69) is 48.1 Å². The molecule has 20 heavy (non-hydrogen) atoms. The summed E-state index contributed by atoms with van der Waals surface area (Å²) in [6.07, 6.45) is 3.91. The molecule has 0 radical (unpaired) electrons. The maximum atomic E-state index is 5.29. The van der Waals surface area contributed by atoms with Crippen molar-refractivity contribution in [1.29, 1.82) is 0 Å². The summed E-state index contributed by atoms with van der Waals surface area (Å²) >= 11 is 0. The first kappa shape index (κ1) is 15.4. The van der Waals surface area contributed by atoms with Gasteiger partial charge in [0, 0.05) is 24.5 Å². The van der Waals surface area contributed by atoms with E-state index in [1.807, 2.05) is 0 Å². The van der Waals surface area contributed by atoms with Crippen LogP contribution in [-0.2, 0) is 6.54 Å². The Morgan fingerprint density at radius 1 is 1.30 bits per heavy atom. The first-order valence-electron chi connectivity index (χ1n) is 7.86. The highest BCUT2D eigenvalue weighted by atomic mass is 16.5. The summed E-state index contributed by atoms with van der Waals surface area (Å²) < 4.78 is 5.29. The highest BCUT2D eigenvalue weighted by Crippen LogP contribution is 2.15. The molecule has 1 aromatic heterocycles. The summed E-state index contributed by atoms with van der Waals surface area (Å²) in [4.78, 5) is 6.91. The lowest BCUT2D eigenvalue weighted by atomic mass is 10.0. The van der Waals surface area contributed by atoms with Gasteiger partial charge in [0.05, 0.1) is 6.54 Å². The van der Waals surface area contributed by atoms with E-state index in [0.29, 0.717) is 18.0 Å². The average Bonchev–Trinajstić information content (AvgIpc) is 2.88. The first-order valence-corrected chi connectivity index (χ1v) is 7.86. The third kappa shape index (κ3) is 4.28. The Bertz CT molecular complexity index is 396. The van der Waals surface area contributed by atoms with Crippen LogP contribution in [0.4, 0.5) is 0 Å². The van der Waals surface area contributed by atoms with E-state index in [1.165, 1.54) is 19.3 Å². The number of hydrogen-bond acceptors (Lipinski definition) is 5. The third-order valence-corrected chi connectivity index (χ3v) is 3.92. The number of aromatic nitrogens is 2. The van der Waals surface area contributed by atoms with Gasteiger partial charge in [-0.15, -0.1) is 0 Å². The van der Waals surface area contributed by atoms with Crippen molar-refractivity contribution < 1.29 is 4.52 Å². The first-order chi connectivity index (χ1) is 9.56. The standard InChI is InChI=1S/C15H28N4O/c1-11(2)15-17-14(18-20-15)10-19(12(3)4)9-13-7-5-6-8-16-13/h11-13,16H,5-10H2,1-4H3. The molecular formula is C15H28N4O. The second kappa shape index (κ2) is 7.18. The average molecular weight is 280 g/mol. The zero-order valence-electron chi connectivity index (χ0n) is 13.2. The molecule has 1 aromatic rings. The number of rotatable bonds is 6. The van der Waals surface area contributed by atoms with Crippen molar-refractivity contribution in [1.82, 2.24) is 20.4 Å². The molecule has 1 N–H and O–H groups in total. The van der Waals surface area contributed by atoms with Gasteiger partial charge in [-0.05, 0) is 33.2 Å². The molecule has 1 saturated heterocycles. The van der Waals surface area contributed by atoms with E-state index in [-0.39, 0.29) is 0 Å². The molecule has 1 aliphatic heterocycles. The van der Waals surface area contributed by atoms with Crippen LogP contribution in [-0.4, -0.2) is 40.2 Å². The molecule has 2 rings (SSSR count). The topological polar surface area (TPSA) is 54.2 Å². The summed E-state index contributed by atoms with van der Waals surface area (Å²) in [5, 5.41) is 7.71. The van der Waals surface area contributed by atoms with Crippen molar-refractivity contribution in [2.45, 2.75) is 71.5 Å². The van der Waals surface area contributed by atoms with Gasteiger partial charge in [-0.1, -0.05) is 25.4 Å². The molecule has 0 saturated carbocycles. The largest absolute Gasteiger partial charge is 0.339 e. The molecule has 1 unspecified atom stereocenters. The van der Waals surface area contributed by atoms with Crippen LogP contribution < -0.4 is 5.32 Å². The maximum absolute atomic E-state index is 5.29. The lowest BCUT2D eigenvalue weighted by Crippen LogP contribution is -2.45. The molecule has 1 fully saturated rings. The molecule has 2 heterocycles. The number of nitrogens with zero attached hydrogens (tertiary/aromatic N) is 3. The minimum Gasteiger partial charge on any atom is -0.339 e. The smallest absolute Gasteiger partial charge is 0.229 e. The van der Waals surface area contributed by atoms with Crippen molar-refractivity contribution in [3.05, 3.63) is 11.7 Å². The van der Waals surface area contributed by atoms with Crippen molar-refractivity contribution in [3.63, 3.8) is 0 Å². The predicted molar refractivity (Wildman–Crippen MR) is 79.6 cm³/mol. The molecule has 0 bridgehead atoms.